The van der Waals surface area contributed by atoms with Crippen molar-refractivity contribution >= 4 is 8.32 Å². The van der Waals surface area contributed by atoms with Crippen LogP contribution >= 0.6 is 0 Å². The van der Waals surface area contributed by atoms with Crippen LogP contribution in [0.2, 0.25) is 19.6 Å². The number of ether oxygens (including phenoxy) is 3. The Morgan fingerprint density at radius 1 is 0.788 bits per heavy atom. The maximum absolute atomic E-state index is 10.5. The van der Waals surface area contributed by atoms with Crippen molar-refractivity contribution in [2.45, 2.75) is 44.7 Å². The highest BCUT2D eigenvalue weighted by Crippen LogP contribution is 2.37. The minimum Gasteiger partial charge on any atom is -0.497 e. The molecule has 0 aliphatic carbocycles. The van der Waals surface area contributed by atoms with E-state index in [9.17, 15) is 5.26 Å². The van der Waals surface area contributed by atoms with Crippen molar-refractivity contribution in [3.63, 3.8) is 0 Å². The van der Waals surface area contributed by atoms with Gasteiger partial charge in [-0.25, -0.2) is 0 Å². The molecule has 0 radical (unpaired) electrons. The maximum atomic E-state index is 10.5. The standard InChI is InChI=1S/C27H31NO4Si/c1-29-25-17-15-24(16-18-25)27(21-28,32-33(2,3)4)26(30-19-22-11-7-5-8-12-22)31-20-23-13-9-6-10-14-23/h5-18,26H,19-20H2,1-4H3. The van der Waals surface area contributed by atoms with Crippen LogP contribution in [-0.4, -0.2) is 21.7 Å². The topological polar surface area (TPSA) is 60.7 Å². The molecule has 1 atom stereocenters. The quantitative estimate of drug-likeness (QED) is 0.258. The third-order valence-electron chi connectivity index (χ3n) is 4.97. The number of nitriles is 1. The van der Waals surface area contributed by atoms with E-state index in [4.69, 9.17) is 18.6 Å². The second kappa shape index (κ2) is 11.3. The summed E-state index contributed by atoms with van der Waals surface area (Å²) in [4.78, 5) is 0. The Kier molecular flexibility index (Phi) is 8.42. The number of hydrogen-bond donors (Lipinski definition) is 0. The molecule has 3 aromatic rings. The van der Waals surface area contributed by atoms with E-state index in [1.54, 1.807) is 7.11 Å². The summed E-state index contributed by atoms with van der Waals surface area (Å²) in [6.45, 7) is 6.72. The van der Waals surface area contributed by atoms with Crippen LogP contribution in [0.15, 0.2) is 84.9 Å². The van der Waals surface area contributed by atoms with Crippen LogP contribution in [-0.2, 0) is 32.7 Å². The molecule has 0 N–H and O–H groups in total. The SMILES string of the molecule is COc1ccc(C(C#N)(O[Si](C)(C)C)C(OCc2ccccc2)OCc2ccccc2)cc1. The average Bonchev–Trinajstić information content (AvgIpc) is 2.83. The van der Waals surface area contributed by atoms with E-state index < -0.39 is 20.2 Å². The van der Waals surface area contributed by atoms with Crippen molar-refractivity contribution in [2.24, 2.45) is 0 Å². The summed E-state index contributed by atoms with van der Waals surface area (Å²) in [7, 11) is -0.600. The van der Waals surface area contributed by atoms with Gasteiger partial charge in [-0.15, -0.1) is 0 Å². The van der Waals surface area contributed by atoms with Crippen LogP contribution in [0.4, 0.5) is 0 Å². The summed E-state index contributed by atoms with van der Waals surface area (Å²) in [6, 6.07) is 29.4. The van der Waals surface area contributed by atoms with Gasteiger partial charge in [-0.2, -0.15) is 5.26 Å². The van der Waals surface area contributed by atoms with E-state index >= 15 is 0 Å². The van der Waals surface area contributed by atoms with E-state index in [-0.39, 0.29) is 13.2 Å². The van der Waals surface area contributed by atoms with Crippen LogP contribution in [0.25, 0.3) is 0 Å². The molecule has 0 aliphatic heterocycles. The first kappa shape index (κ1) is 24.7. The Balaban J connectivity index is 2.00. The fourth-order valence-corrected chi connectivity index (χ4v) is 4.71. The smallest absolute Gasteiger partial charge is 0.221 e. The minimum atomic E-state index is -2.21. The molecule has 5 nitrogen and oxygen atoms in total. The molecule has 0 saturated carbocycles. The summed E-state index contributed by atoms with van der Waals surface area (Å²) in [5, 5.41) is 10.5. The summed E-state index contributed by atoms with van der Waals surface area (Å²) >= 11 is 0. The zero-order valence-electron chi connectivity index (χ0n) is 19.7. The molecule has 33 heavy (non-hydrogen) atoms. The minimum absolute atomic E-state index is 0.287. The van der Waals surface area contributed by atoms with Crippen molar-refractivity contribution in [2.75, 3.05) is 7.11 Å². The van der Waals surface area contributed by atoms with E-state index in [0.29, 0.717) is 11.3 Å². The number of methoxy groups -OCH3 is 1. The molecule has 0 aromatic heterocycles. The predicted molar refractivity (Wildman–Crippen MR) is 131 cm³/mol. The molecular weight excluding hydrogens is 430 g/mol. The van der Waals surface area contributed by atoms with Gasteiger partial charge >= 0.3 is 0 Å². The van der Waals surface area contributed by atoms with E-state index in [2.05, 4.69) is 6.07 Å². The molecule has 6 heteroatoms. The fraction of sp³-hybridized carbons (Fsp3) is 0.296. The number of nitrogens with zero attached hydrogens (tertiary/aromatic N) is 1. The molecule has 3 aromatic carbocycles. The van der Waals surface area contributed by atoms with Gasteiger partial charge in [0.05, 0.1) is 20.3 Å². The third-order valence-corrected chi connectivity index (χ3v) is 5.91. The van der Waals surface area contributed by atoms with Gasteiger partial charge in [0.15, 0.2) is 8.32 Å². The summed E-state index contributed by atoms with van der Waals surface area (Å²) in [5.41, 5.74) is 1.19. The fourth-order valence-electron chi connectivity index (χ4n) is 3.48. The predicted octanol–water partition coefficient (Wildman–Crippen LogP) is 6.03. The maximum Gasteiger partial charge on any atom is 0.221 e. The second-order valence-electron chi connectivity index (χ2n) is 8.72. The zero-order chi connectivity index (χ0) is 23.7. The van der Waals surface area contributed by atoms with Crippen molar-refractivity contribution < 1.29 is 18.6 Å². The number of hydrogen-bond acceptors (Lipinski definition) is 5. The van der Waals surface area contributed by atoms with Gasteiger partial charge in [-0.1, -0.05) is 72.8 Å². The lowest BCUT2D eigenvalue weighted by Crippen LogP contribution is -2.50. The highest BCUT2D eigenvalue weighted by Gasteiger charge is 2.47. The van der Waals surface area contributed by atoms with Crippen molar-refractivity contribution in [1.29, 1.82) is 5.26 Å². The molecule has 0 fully saturated rings. The molecule has 1 unspecified atom stereocenters. The van der Waals surface area contributed by atoms with Gasteiger partial charge in [-0.05, 0) is 42.9 Å². The van der Waals surface area contributed by atoms with Crippen LogP contribution in [0.3, 0.4) is 0 Å². The third kappa shape index (κ3) is 6.76. The first-order chi connectivity index (χ1) is 15.9. The Morgan fingerprint density at radius 3 is 1.67 bits per heavy atom. The summed E-state index contributed by atoms with van der Waals surface area (Å²) < 4.78 is 24.4. The van der Waals surface area contributed by atoms with Gasteiger partial charge in [-0.3, -0.25) is 0 Å². The lowest BCUT2D eigenvalue weighted by Gasteiger charge is -2.39. The lowest BCUT2D eigenvalue weighted by atomic mass is 9.94. The molecule has 0 spiro atoms. The normalized spacial score (nSPS) is 13.3. The van der Waals surface area contributed by atoms with Gasteiger partial charge < -0.3 is 18.6 Å². The summed E-state index contributed by atoms with van der Waals surface area (Å²) in [5.74, 6) is 0.700. The van der Waals surface area contributed by atoms with Gasteiger partial charge in [0.1, 0.15) is 11.8 Å². The van der Waals surface area contributed by atoms with Crippen molar-refractivity contribution in [3.8, 4) is 11.8 Å². The van der Waals surface area contributed by atoms with Crippen molar-refractivity contribution in [1.82, 2.24) is 0 Å². The van der Waals surface area contributed by atoms with Gasteiger partial charge in [0.25, 0.3) is 0 Å². The Morgan fingerprint density at radius 2 is 1.27 bits per heavy atom. The number of benzene rings is 3. The molecule has 172 valence electrons. The first-order valence-electron chi connectivity index (χ1n) is 10.9. The highest BCUT2D eigenvalue weighted by molar-refractivity contribution is 6.69. The monoisotopic (exact) mass is 461 g/mol. The second-order valence-corrected chi connectivity index (χ2v) is 13.1. The van der Waals surface area contributed by atoms with Gasteiger partial charge in [0.2, 0.25) is 11.9 Å². The Hall–Kier alpha value is -2.95. The molecule has 0 saturated heterocycles. The van der Waals surface area contributed by atoms with E-state index in [1.165, 1.54) is 0 Å². The molecule has 0 heterocycles. The molecule has 3 rings (SSSR count). The molecule has 0 amide bonds. The number of rotatable bonds is 11. The van der Waals surface area contributed by atoms with E-state index in [0.717, 1.165) is 11.1 Å². The Labute approximate surface area is 197 Å². The highest BCUT2D eigenvalue weighted by atomic mass is 28.4. The summed E-state index contributed by atoms with van der Waals surface area (Å²) in [6.07, 6.45) is -0.956. The van der Waals surface area contributed by atoms with E-state index in [1.807, 2.05) is 105 Å². The van der Waals surface area contributed by atoms with Crippen LogP contribution < -0.4 is 4.74 Å². The lowest BCUT2D eigenvalue weighted by molar-refractivity contribution is -0.228. The van der Waals surface area contributed by atoms with Crippen LogP contribution in [0.5, 0.6) is 5.75 Å². The average molecular weight is 462 g/mol. The van der Waals surface area contributed by atoms with Crippen LogP contribution in [0.1, 0.15) is 16.7 Å². The molecule has 0 bridgehead atoms. The first-order valence-corrected chi connectivity index (χ1v) is 14.3. The van der Waals surface area contributed by atoms with Gasteiger partial charge in [0, 0.05) is 5.56 Å². The molecular formula is C27H31NO4Si. The van der Waals surface area contributed by atoms with Crippen molar-refractivity contribution in [3.05, 3.63) is 102 Å². The Bertz CT molecular complexity index is 986. The zero-order valence-corrected chi connectivity index (χ0v) is 20.7. The van der Waals surface area contributed by atoms with Crippen LogP contribution in [0, 0.1) is 11.3 Å². The molecule has 0 aliphatic rings. The largest absolute Gasteiger partial charge is 0.497 e.